The quantitative estimate of drug-likeness (QED) is 0.567. The molecule has 7 heteroatoms. The number of rotatable bonds is 4. The van der Waals surface area contributed by atoms with Gasteiger partial charge in [-0.05, 0) is 23.6 Å². The van der Waals surface area contributed by atoms with Crippen LogP contribution in [-0.4, -0.2) is 17.1 Å². The summed E-state index contributed by atoms with van der Waals surface area (Å²) in [5.41, 5.74) is 2.44. The molecule has 0 radical (unpaired) electrons. The summed E-state index contributed by atoms with van der Waals surface area (Å²) >= 11 is 1.50. The van der Waals surface area contributed by atoms with Gasteiger partial charge in [0.25, 0.3) is 0 Å². The Hall–Kier alpha value is -2.38. The van der Waals surface area contributed by atoms with Crippen molar-refractivity contribution in [2.75, 3.05) is 12.5 Å². The number of thiophene rings is 1. The summed E-state index contributed by atoms with van der Waals surface area (Å²) in [6, 6.07) is 9.23. The molecule has 0 unspecified atom stereocenters. The first-order valence-corrected chi connectivity index (χ1v) is 6.72. The zero-order chi connectivity index (χ0) is 13.9. The van der Waals surface area contributed by atoms with Crippen LogP contribution in [0.25, 0.3) is 10.2 Å². The third-order valence-electron chi connectivity index (χ3n) is 2.67. The van der Waals surface area contributed by atoms with Crippen molar-refractivity contribution in [3.63, 3.8) is 0 Å². The van der Waals surface area contributed by atoms with Gasteiger partial charge in [0, 0.05) is 6.07 Å². The lowest BCUT2D eigenvalue weighted by atomic mass is 10.3. The molecule has 102 valence electrons. The van der Waals surface area contributed by atoms with Crippen LogP contribution in [0.5, 0.6) is 17.4 Å². The summed E-state index contributed by atoms with van der Waals surface area (Å²) in [6.07, 6.45) is 0. The van der Waals surface area contributed by atoms with Crippen molar-refractivity contribution < 1.29 is 9.47 Å². The molecular formula is C13H12N4O2S. The van der Waals surface area contributed by atoms with Crippen molar-refractivity contribution in [1.82, 2.24) is 9.97 Å². The molecule has 0 amide bonds. The van der Waals surface area contributed by atoms with Gasteiger partial charge in [-0.15, -0.1) is 11.3 Å². The number of nitrogens with one attached hydrogen (secondary N) is 1. The number of hydrogen-bond donors (Lipinski definition) is 2. The van der Waals surface area contributed by atoms with Crippen molar-refractivity contribution in [2.45, 2.75) is 0 Å². The average Bonchev–Trinajstić information content (AvgIpc) is 2.96. The van der Waals surface area contributed by atoms with Gasteiger partial charge in [0.2, 0.25) is 11.8 Å². The van der Waals surface area contributed by atoms with Gasteiger partial charge in [-0.25, -0.2) is 10.8 Å². The fourth-order valence-corrected chi connectivity index (χ4v) is 2.50. The molecule has 0 saturated heterocycles. The highest BCUT2D eigenvalue weighted by Crippen LogP contribution is 2.32. The van der Waals surface area contributed by atoms with Gasteiger partial charge in [-0.2, -0.15) is 4.98 Å². The molecule has 3 rings (SSSR count). The number of aromatic nitrogens is 2. The predicted molar refractivity (Wildman–Crippen MR) is 78.3 cm³/mol. The van der Waals surface area contributed by atoms with Crippen LogP contribution in [0.1, 0.15) is 0 Å². The molecule has 3 N–H and O–H groups in total. The second-order valence-corrected chi connectivity index (χ2v) is 4.81. The number of methoxy groups -OCH3 is 1. The lowest BCUT2D eigenvalue weighted by Crippen LogP contribution is -2.10. The van der Waals surface area contributed by atoms with E-state index >= 15 is 0 Å². The van der Waals surface area contributed by atoms with Gasteiger partial charge in [0.15, 0.2) is 0 Å². The van der Waals surface area contributed by atoms with Gasteiger partial charge in [0.05, 0.1) is 12.5 Å². The van der Waals surface area contributed by atoms with E-state index in [4.69, 9.17) is 15.3 Å². The smallest absolute Gasteiger partial charge is 0.241 e. The molecule has 0 aliphatic heterocycles. The maximum Gasteiger partial charge on any atom is 0.241 e. The average molecular weight is 288 g/mol. The van der Waals surface area contributed by atoms with Crippen LogP contribution in [0.15, 0.2) is 35.7 Å². The molecule has 6 nitrogen and oxygen atoms in total. The minimum atomic E-state index is 0.317. The van der Waals surface area contributed by atoms with Crippen LogP contribution in [0, 0.1) is 0 Å². The molecule has 1 aromatic carbocycles. The minimum Gasteiger partial charge on any atom is -0.497 e. The van der Waals surface area contributed by atoms with Crippen LogP contribution in [0.4, 0.5) is 5.95 Å². The molecular weight excluding hydrogens is 276 g/mol. The highest BCUT2D eigenvalue weighted by molar-refractivity contribution is 7.16. The van der Waals surface area contributed by atoms with Crippen molar-refractivity contribution in [1.29, 1.82) is 0 Å². The number of anilines is 1. The van der Waals surface area contributed by atoms with E-state index in [1.807, 2.05) is 29.6 Å². The van der Waals surface area contributed by atoms with Gasteiger partial charge in [-0.1, -0.05) is 6.07 Å². The normalized spacial score (nSPS) is 10.5. The van der Waals surface area contributed by atoms with Crippen LogP contribution < -0.4 is 20.7 Å². The number of hydrogen-bond acceptors (Lipinski definition) is 7. The molecule has 0 spiro atoms. The number of fused-ring (bicyclic) bond motifs is 1. The van der Waals surface area contributed by atoms with Crippen LogP contribution >= 0.6 is 11.3 Å². The molecule has 0 fully saturated rings. The van der Waals surface area contributed by atoms with Crippen LogP contribution in [0.2, 0.25) is 0 Å². The summed E-state index contributed by atoms with van der Waals surface area (Å²) in [7, 11) is 1.61. The zero-order valence-electron chi connectivity index (χ0n) is 10.7. The van der Waals surface area contributed by atoms with Crippen LogP contribution in [0.3, 0.4) is 0 Å². The number of nitrogens with zero attached hydrogens (tertiary/aromatic N) is 2. The molecule has 0 saturated carbocycles. The van der Waals surface area contributed by atoms with Crippen molar-refractivity contribution >= 4 is 27.5 Å². The summed E-state index contributed by atoms with van der Waals surface area (Å²) < 4.78 is 11.0. The Morgan fingerprint density at radius 3 is 2.85 bits per heavy atom. The standard InChI is InChI=1S/C13H12N4O2S/c1-18-8-3-2-4-9(7-8)19-11-10-5-6-20-12(10)16-13(15-11)17-14/h2-7H,14H2,1H3,(H,15,16,17). The van der Waals surface area contributed by atoms with Crippen molar-refractivity contribution in [3.05, 3.63) is 35.7 Å². The first-order chi connectivity index (χ1) is 9.80. The van der Waals surface area contributed by atoms with Crippen molar-refractivity contribution in [3.8, 4) is 17.4 Å². The van der Waals surface area contributed by atoms with E-state index in [1.54, 1.807) is 13.2 Å². The maximum atomic E-state index is 5.81. The number of nitrogen functional groups attached to an aromatic ring is 1. The van der Waals surface area contributed by atoms with Gasteiger partial charge in [-0.3, -0.25) is 5.43 Å². The summed E-state index contributed by atoms with van der Waals surface area (Å²) in [5, 5.41) is 2.77. The highest BCUT2D eigenvalue weighted by Gasteiger charge is 2.10. The summed E-state index contributed by atoms with van der Waals surface area (Å²) in [5.74, 6) is 7.50. The summed E-state index contributed by atoms with van der Waals surface area (Å²) in [4.78, 5) is 9.31. The minimum absolute atomic E-state index is 0.317. The Morgan fingerprint density at radius 1 is 1.20 bits per heavy atom. The topological polar surface area (TPSA) is 82.3 Å². The van der Waals surface area contributed by atoms with E-state index < -0.39 is 0 Å². The molecule has 20 heavy (non-hydrogen) atoms. The maximum absolute atomic E-state index is 5.81. The zero-order valence-corrected chi connectivity index (χ0v) is 11.5. The Bertz CT molecular complexity index is 744. The monoisotopic (exact) mass is 288 g/mol. The Balaban J connectivity index is 2.02. The fourth-order valence-electron chi connectivity index (χ4n) is 1.75. The molecule has 2 heterocycles. The first-order valence-electron chi connectivity index (χ1n) is 5.84. The number of ether oxygens (including phenoxy) is 2. The summed E-state index contributed by atoms with van der Waals surface area (Å²) in [6.45, 7) is 0. The van der Waals surface area contributed by atoms with Gasteiger partial charge in [0.1, 0.15) is 16.3 Å². The Labute approximate surface area is 119 Å². The largest absolute Gasteiger partial charge is 0.497 e. The number of nitrogens with two attached hydrogens (primary N) is 1. The fraction of sp³-hybridized carbons (Fsp3) is 0.0769. The van der Waals surface area contributed by atoms with Gasteiger partial charge >= 0.3 is 0 Å². The number of benzene rings is 1. The predicted octanol–water partition coefficient (Wildman–Crippen LogP) is 2.78. The Morgan fingerprint density at radius 2 is 2.05 bits per heavy atom. The van der Waals surface area contributed by atoms with Gasteiger partial charge < -0.3 is 9.47 Å². The molecule has 0 aliphatic carbocycles. The first kappa shape index (κ1) is 12.6. The highest BCUT2D eigenvalue weighted by atomic mass is 32.1. The molecule has 3 aromatic rings. The van der Waals surface area contributed by atoms with E-state index in [1.165, 1.54) is 11.3 Å². The third-order valence-corrected chi connectivity index (χ3v) is 3.48. The molecule has 2 aromatic heterocycles. The number of hydrazine groups is 1. The van der Waals surface area contributed by atoms with E-state index in [-0.39, 0.29) is 0 Å². The Kier molecular flexibility index (Phi) is 3.36. The molecule has 0 aliphatic rings. The SMILES string of the molecule is COc1cccc(Oc2nc(NN)nc3sccc23)c1. The second-order valence-electron chi connectivity index (χ2n) is 3.92. The van der Waals surface area contributed by atoms with E-state index in [9.17, 15) is 0 Å². The lowest BCUT2D eigenvalue weighted by Gasteiger charge is -2.08. The third kappa shape index (κ3) is 2.36. The van der Waals surface area contributed by atoms with E-state index in [0.29, 0.717) is 17.6 Å². The van der Waals surface area contributed by atoms with E-state index in [2.05, 4.69) is 15.4 Å². The van der Waals surface area contributed by atoms with E-state index in [0.717, 1.165) is 16.0 Å². The second kappa shape index (κ2) is 5.32. The molecule has 0 bridgehead atoms. The van der Waals surface area contributed by atoms with Crippen molar-refractivity contribution in [2.24, 2.45) is 5.84 Å². The molecule has 0 atom stereocenters. The lowest BCUT2D eigenvalue weighted by molar-refractivity contribution is 0.408. The van der Waals surface area contributed by atoms with Crippen LogP contribution in [-0.2, 0) is 0 Å².